The van der Waals surface area contributed by atoms with E-state index in [-0.39, 0.29) is 11.9 Å². The maximum Gasteiger partial charge on any atom is 0.310 e. The number of nitrogens with one attached hydrogen (secondary N) is 1. The molecule has 1 aromatic carbocycles. The number of carboxylic acid groups (broad SMARTS) is 1. The van der Waals surface area contributed by atoms with Crippen molar-refractivity contribution in [2.75, 3.05) is 0 Å². The van der Waals surface area contributed by atoms with Gasteiger partial charge in [0, 0.05) is 11.1 Å². The molecule has 3 atom stereocenters. The molecule has 21 heavy (non-hydrogen) atoms. The molecule has 1 amide bonds. The minimum absolute atomic E-state index is 0.269. The Bertz CT molecular complexity index is 555. The van der Waals surface area contributed by atoms with Gasteiger partial charge in [0.25, 0.3) is 5.91 Å². The average Bonchev–Trinajstić information content (AvgIpc) is 2.90. The van der Waals surface area contributed by atoms with Gasteiger partial charge >= 0.3 is 5.97 Å². The van der Waals surface area contributed by atoms with E-state index in [9.17, 15) is 9.59 Å². The third-order valence-electron chi connectivity index (χ3n) is 3.22. The molecule has 6 heteroatoms. The van der Waals surface area contributed by atoms with Crippen LogP contribution in [0.5, 0.6) is 5.75 Å². The van der Waals surface area contributed by atoms with Crippen molar-refractivity contribution in [3.8, 4) is 5.75 Å². The quantitative estimate of drug-likeness (QED) is 0.818. The number of ether oxygens (including phenoxy) is 1. The first-order valence-electron chi connectivity index (χ1n) is 6.59. The van der Waals surface area contributed by atoms with Gasteiger partial charge in [-0.3, -0.25) is 9.59 Å². The lowest BCUT2D eigenvalue weighted by Gasteiger charge is -2.18. The van der Waals surface area contributed by atoms with Gasteiger partial charge in [0.1, 0.15) is 5.75 Å². The van der Waals surface area contributed by atoms with Crippen LogP contribution in [0.15, 0.2) is 36.4 Å². The predicted molar refractivity (Wildman–Crippen MR) is 78.4 cm³/mol. The van der Waals surface area contributed by atoms with E-state index in [1.165, 1.54) is 0 Å². The molecule has 2 N–H and O–H groups in total. The molecule has 0 bridgehead atoms. The van der Waals surface area contributed by atoms with Gasteiger partial charge in [0.2, 0.25) is 0 Å². The highest BCUT2D eigenvalue weighted by atomic mass is 35.5. The smallest absolute Gasteiger partial charge is 0.310 e. The summed E-state index contributed by atoms with van der Waals surface area (Å²) >= 11 is 5.77. The van der Waals surface area contributed by atoms with Gasteiger partial charge in [-0.2, -0.15) is 0 Å². The summed E-state index contributed by atoms with van der Waals surface area (Å²) < 4.78 is 5.50. The molecular weight excluding hydrogens is 294 g/mol. The van der Waals surface area contributed by atoms with Crippen molar-refractivity contribution < 1.29 is 19.4 Å². The molecule has 1 aromatic rings. The molecule has 0 saturated carbocycles. The lowest BCUT2D eigenvalue weighted by atomic mass is 10.1. The summed E-state index contributed by atoms with van der Waals surface area (Å²) in [7, 11) is 0. The average molecular weight is 310 g/mol. The summed E-state index contributed by atoms with van der Waals surface area (Å²) in [6, 6.07) is 6.46. The number of hydrogen-bond acceptors (Lipinski definition) is 3. The molecule has 1 aliphatic carbocycles. The van der Waals surface area contributed by atoms with E-state index in [1.807, 2.05) is 0 Å². The Hall–Kier alpha value is -2.01. The fourth-order valence-electron chi connectivity index (χ4n) is 2.06. The van der Waals surface area contributed by atoms with Crippen molar-refractivity contribution in [3.63, 3.8) is 0 Å². The maximum absolute atomic E-state index is 12.0. The van der Waals surface area contributed by atoms with Crippen molar-refractivity contribution >= 4 is 23.5 Å². The van der Waals surface area contributed by atoms with Crippen molar-refractivity contribution in [3.05, 3.63) is 41.4 Å². The van der Waals surface area contributed by atoms with Gasteiger partial charge in [-0.05, 0) is 37.6 Å². The van der Waals surface area contributed by atoms with E-state index >= 15 is 0 Å². The number of hydrogen-bond donors (Lipinski definition) is 2. The van der Waals surface area contributed by atoms with E-state index < -0.39 is 18.0 Å². The molecule has 0 spiro atoms. The zero-order valence-electron chi connectivity index (χ0n) is 11.5. The Morgan fingerprint density at radius 3 is 2.57 bits per heavy atom. The first kappa shape index (κ1) is 15.4. The normalized spacial score (nSPS) is 21.8. The fraction of sp³-hybridized carbons (Fsp3) is 0.333. The number of carboxylic acids is 1. The molecule has 0 saturated heterocycles. The summed E-state index contributed by atoms with van der Waals surface area (Å²) in [5.41, 5.74) is 0. The number of carbonyl (C=O) groups excluding carboxylic acids is 1. The van der Waals surface area contributed by atoms with Gasteiger partial charge < -0.3 is 15.2 Å². The van der Waals surface area contributed by atoms with Crippen molar-refractivity contribution in [2.24, 2.45) is 5.92 Å². The zero-order valence-corrected chi connectivity index (χ0v) is 12.2. The second-order valence-electron chi connectivity index (χ2n) is 4.89. The molecule has 2 rings (SSSR count). The molecule has 0 heterocycles. The SMILES string of the molecule is CC(Oc1ccc(Cl)cc1)C(=O)NC1C=CC(C(=O)O)C1. The van der Waals surface area contributed by atoms with Crippen molar-refractivity contribution in [2.45, 2.75) is 25.5 Å². The summed E-state index contributed by atoms with van der Waals surface area (Å²) in [6.45, 7) is 1.64. The highest BCUT2D eigenvalue weighted by molar-refractivity contribution is 6.30. The molecular formula is C15H16ClNO4. The number of aliphatic carboxylic acids is 1. The Morgan fingerprint density at radius 1 is 1.33 bits per heavy atom. The van der Waals surface area contributed by atoms with Gasteiger partial charge in [-0.25, -0.2) is 0 Å². The lowest BCUT2D eigenvalue weighted by molar-refractivity contribution is -0.140. The van der Waals surface area contributed by atoms with Gasteiger partial charge in [0.15, 0.2) is 6.10 Å². The van der Waals surface area contributed by atoms with Crippen LogP contribution in [0.4, 0.5) is 0 Å². The van der Waals surface area contributed by atoms with E-state index in [0.29, 0.717) is 17.2 Å². The second-order valence-corrected chi connectivity index (χ2v) is 5.33. The number of benzene rings is 1. The van der Waals surface area contributed by atoms with Crippen molar-refractivity contribution in [1.82, 2.24) is 5.32 Å². The molecule has 1 aliphatic rings. The summed E-state index contributed by atoms with van der Waals surface area (Å²) in [4.78, 5) is 22.8. The topological polar surface area (TPSA) is 75.6 Å². The van der Waals surface area contributed by atoms with Crippen LogP contribution in [0.25, 0.3) is 0 Å². The first-order valence-corrected chi connectivity index (χ1v) is 6.97. The first-order chi connectivity index (χ1) is 9.95. The van der Waals surface area contributed by atoms with E-state index in [1.54, 1.807) is 43.3 Å². The zero-order chi connectivity index (χ0) is 15.4. The molecule has 5 nitrogen and oxygen atoms in total. The Balaban J connectivity index is 1.85. The lowest BCUT2D eigenvalue weighted by Crippen LogP contribution is -2.41. The number of halogens is 1. The Kier molecular flexibility index (Phi) is 4.85. The molecule has 0 radical (unpaired) electrons. The summed E-state index contributed by atoms with van der Waals surface area (Å²) in [5, 5.41) is 12.2. The molecule has 0 fully saturated rings. The standard InChI is InChI=1S/C15H16ClNO4/c1-9(21-13-6-3-11(16)4-7-13)14(18)17-12-5-2-10(8-12)15(19)20/h2-7,9-10,12H,8H2,1H3,(H,17,18)(H,19,20). The highest BCUT2D eigenvalue weighted by Crippen LogP contribution is 2.19. The summed E-state index contributed by atoms with van der Waals surface area (Å²) in [5.74, 6) is -1.16. The summed E-state index contributed by atoms with van der Waals surface area (Å²) in [6.07, 6.45) is 2.99. The Morgan fingerprint density at radius 2 is 2.00 bits per heavy atom. The van der Waals surface area contributed by atoms with Crippen LogP contribution in [-0.2, 0) is 9.59 Å². The van der Waals surface area contributed by atoms with Crippen LogP contribution in [0.1, 0.15) is 13.3 Å². The fourth-order valence-corrected chi connectivity index (χ4v) is 2.19. The van der Waals surface area contributed by atoms with Crippen LogP contribution in [-0.4, -0.2) is 29.1 Å². The van der Waals surface area contributed by atoms with Gasteiger partial charge in [0.05, 0.1) is 5.92 Å². The molecule has 0 aromatic heterocycles. The van der Waals surface area contributed by atoms with E-state index in [0.717, 1.165) is 0 Å². The van der Waals surface area contributed by atoms with Crippen LogP contribution in [0.2, 0.25) is 5.02 Å². The number of rotatable bonds is 5. The molecule has 112 valence electrons. The number of carbonyl (C=O) groups is 2. The Labute approximate surface area is 127 Å². The largest absolute Gasteiger partial charge is 0.481 e. The van der Waals surface area contributed by atoms with Crippen LogP contribution in [0, 0.1) is 5.92 Å². The highest BCUT2D eigenvalue weighted by Gasteiger charge is 2.27. The van der Waals surface area contributed by atoms with Crippen molar-refractivity contribution in [1.29, 1.82) is 0 Å². The molecule has 0 aliphatic heterocycles. The van der Waals surface area contributed by atoms with Crippen LogP contribution >= 0.6 is 11.6 Å². The maximum atomic E-state index is 12.0. The van der Waals surface area contributed by atoms with E-state index in [4.69, 9.17) is 21.4 Å². The second kappa shape index (κ2) is 6.63. The predicted octanol–water partition coefficient (Wildman–Crippen LogP) is 2.25. The third-order valence-corrected chi connectivity index (χ3v) is 3.48. The van der Waals surface area contributed by atoms with Crippen LogP contribution < -0.4 is 10.1 Å². The van der Waals surface area contributed by atoms with Crippen LogP contribution in [0.3, 0.4) is 0 Å². The van der Waals surface area contributed by atoms with Gasteiger partial charge in [-0.1, -0.05) is 23.8 Å². The minimum Gasteiger partial charge on any atom is -0.481 e. The third kappa shape index (κ3) is 4.23. The minimum atomic E-state index is -0.881. The van der Waals surface area contributed by atoms with Gasteiger partial charge in [-0.15, -0.1) is 0 Å². The molecule has 3 unspecified atom stereocenters. The monoisotopic (exact) mass is 309 g/mol. The number of amides is 1. The van der Waals surface area contributed by atoms with E-state index in [2.05, 4.69) is 5.32 Å².